The first-order valence-electron chi connectivity index (χ1n) is 6.48. The Hall–Kier alpha value is -1.55. The second-order valence-electron chi connectivity index (χ2n) is 4.39. The fourth-order valence-electron chi connectivity index (χ4n) is 1.84. The van der Waals surface area contributed by atoms with Gasteiger partial charge in [-0.2, -0.15) is 4.99 Å². The van der Waals surface area contributed by atoms with Crippen molar-refractivity contribution in [2.75, 3.05) is 13.1 Å². The minimum Gasteiger partial charge on any atom is -0.351 e. The number of hydrogen-bond acceptors (Lipinski definition) is 3. The highest BCUT2D eigenvalue weighted by atomic mass is 32.2. The quantitative estimate of drug-likeness (QED) is 0.793. The SMILES string of the molecule is CCN(CC)C1=NC(=O)C(=Cc2ccc(C)cc2)S1. The fourth-order valence-corrected chi connectivity index (χ4v) is 2.88. The Labute approximate surface area is 118 Å². The highest BCUT2D eigenvalue weighted by molar-refractivity contribution is 8.18. The largest absolute Gasteiger partial charge is 0.351 e. The lowest BCUT2D eigenvalue weighted by molar-refractivity contribution is -0.113. The highest BCUT2D eigenvalue weighted by Gasteiger charge is 2.24. The summed E-state index contributed by atoms with van der Waals surface area (Å²) in [5, 5.41) is 0.813. The van der Waals surface area contributed by atoms with E-state index < -0.39 is 0 Å². The van der Waals surface area contributed by atoms with Crippen LogP contribution in [0, 0.1) is 6.92 Å². The third-order valence-electron chi connectivity index (χ3n) is 3.02. The van der Waals surface area contributed by atoms with Crippen molar-refractivity contribution < 1.29 is 4.79 Å². The van der Waals surface area contributed by atoms with E-state index in [0.717, 1.165) is 23.8 Å². The van der Waals surface area contributed by atoms with Gasteiger partial charge in [0.05, 0.1) is 4.91 Å². The third kappa shape index (κ3) is 3.26. The molecule has 19 heavy (non-hydrogen) atoms. The van der Waals surface area contributed by atoms with Gasteiger partial charge in [0.2, 0.25) is 0 Å². The van der Waals surface area contributed by atoms with Crippen LogP contribution in [-0.4, -0.2) is 29.1 Å². The number of amides is 1. The monoisotopic (exact) mass is 274 g/mol. The van der Waals surface area contributed by atoms with Crippen LogP contribution in [0.15, 0.2) is 34.2 Å². The van der Waals surface area contributed by atoms with Gasteiger partial charge in [-0.25, -0.2) is 0 Å². The molecular weight excluding hydrogens is 256 g/mol. The Morgan fingerprint density at radius 1 is 1.21 bits per heavy atom. The van der Waals surface area contributed by atoms with Crippen LogP contribution in [0.1, 0.15) is 25.0 Å². The summed E-state index contributed by atoms with van der Waals surface area (Å²) in [6, 6.07) is 8.13. The van der Waals surface area contributed by atoms with E-state index in [2.05, 4.69) is 23.7 Å². The summed E-state index contributed by atoms with van der Waals surface area (Å²) in [6.07, 6.45) is 1.91. The summed E-state index contributed by atoms with van der Waals surface area (Å²) in [5.41, 5.74) is 2.25. The molecule has 0 spiro atoms. The van der Waals surface area contributed by atoms with Crippen LogP contribution in [0.2, 0.25) is 0 Å². The van der Waals surface area contributed by atoms with E-state index in [0.29, 0.717) is 4.91 Å². The Morgan fingerprint density at radius 2 is 1.84 bits per heavy atom. The number of benzene rings is 1. The van der Waals surface area contributed by atoms with Crippen molar-refractivity contribution in [2.24, 2.45) is 4.99 Å². The van der Waals surface area contributed by atoms with Gasteiger partial charge in [0.25, 0.3) is 5.91 Å². The zero-order valence-electron chi connectivity index (χ0n) is 11.5. The number of amidine groups is 1. The molecule has 1 aromatic rings. The highest BCUT2D eigenvalue weighted by Crippen LogP contribution is 2.30. The predicted octanol–water partition coefficient (Wildman–Crippen LogP) is 3.31. The molecular formula is C15H18N2OS. The smallest absolute Gasteiger partial charge is 0.286 e. The minimum atomic E-state index is -0.132. The average molecular weight is 274 g/mol. The molecule has 0 aliphatic carbocycles. The topological polar surface area (TPSA) is 32.7 Å². The van der Waals surface area contributed by atoms with Crippen molar-refractivity contribution in [3.63, 3.8) is 0 Å². The second-order valence-corrected chi connectivity index (χ2v) is 5.40. The first-order valence-corrected chi connectivity index (χ1v) is 7.30. The van der Waals surface area contributed by atoms with Crippen molar-refractivity contribution in [1.29, 1.82) is 0 Å². The van der Waals surface area contributed by atoms with E-state index in [-0.39, 0.29) is 5.91 Å². The molecule has 1 aromatic carbocycles. The lowest BCUT2D eigenvalue weighted by Crippen LogP contribution is -2.26. The lowest BCUT2D eigenvalue weighted by Gasteiger charge is -2.18. The van der Waals surface area contributed by atoms with E-state index >= 15 is 0 Å². The van der Waals surface area contributed by atoms with Gasteiger partial charge in [-0.15, -0.1) is 0 Å². The van der Waals surface area contributed by atoms with Gasteiger partial charge < -0.3 is 4.90 Å². The maximum absolute atomic E-state index is 11.9. The molecule has 0 saturated carbocycles. The number of thioether (sulfide) groups is 1. The van der Waals surface area contributed by atoms with E-state index in [1.54, 1.807) is 0 Å². The lowest BCUT2D eigenvalue weighted by atomic mass is 10.1. The first-order chi connectivity index (χ1) is 9.13. The molecule has 0 radical (unpaired) electrons. The molecule has 1 aliphatic rings. The zero-order chi connectivity index (χ0) is 13.8. The van der Waals surface area contributed by atoms with Crippen molar-refractivity contribution in [3.8, 4) is 0 Å². The summed E-state index contributed by atoms with van der Waals surface area (Å²) in [5.74, 6) is -0.132. The number of carbonyl (C=O) groups is 1. The van der Waals surface area contributed by atoms with Crippen molar-refractivity contribution in [1.82, 2.24) is 4.90 Å². The van der Waals surface area contributed by atoms with Gasteiger partial charge in [0.1, 0.15) is 0 Å². The van der Waals surface area contributed by atoms with Gasteiger partial charge in [-0.1, -0.05) is 29.8 Å². The van der Waals surface area contributed by atoms with E-state index in [4.69, 9.17) is 0 Å². The standard InChI is InChI=1S/C15H18N2OS/c1-4-17(5-2)15-16-14(18)13(19-15)10-12-8-6-11(3)7-9-12/h6-10H,4-5H2,1-3H3. The molecule has 1 amide bonds. The fraction of sp³-hybridized carbons (Fsp3) is 0.333. The van der Waals surface area contributed by atoms with Crippen LogP contribution in [0.4, 0.5) is 0 Å². The Morgan fingerprint density at radius 3 is 2.42 bits per heavy atom. The van der Waals surface area contributed by atoms with E-state index in [1.807, 2.05) is 37.3 Å². The molecule has 0 unspecified atom stereocenters. The second kappa shape index (κ2) is 6.06. The van der Waals surface area contributed by atoms with Crippen LogP contribution in [0.3, 0.4) is 0 Å². The van der Waals surface area contributed by atoms with Crippen molar-refractivity contribution >= 4 is 28.9 Å². The molecule has 0 aromatic heterocycles. The van der Waals surface area contributed by atoms with Crippen LogP contribution in [-0.2, 0) is 4.79 Å². The summed E-state index contributed by atoms with van der Waals surface area (Å²) in [4.78, 5) is 18.8. The molecule has 3 nitrogen and oxygen atoms in total. The van der Waals surface area contributed by atoms with Crippen LogP contribution in [0.25, 0.3) is 6.08 Å². The van der Waals surface area contributed by atoms with Gasteiger partial charge in [0.15, 0.2) is 5.17 Å². The van der Waals surface area contributed by atoms with E-state index in [1.165, 1.54) is 17.3 Å². The molecule has 0 N–H and O–H groups in total. The molecule has 1 aliphatic heterocycles. The first kappa shape index (κ1) is 13.9. The van der Waals surface area contributed by atoms with Crippen LogP contribution in [0.5, 0.6) is 0 Å². The van der Waals surface area contributed by atoms with Gasteiger partial charge >= 0.3 is 0 Å². The molecule has 4 heteroatoms. The molecule has 1 heterocycles. The molecule has 100 valence electrons. The number of hydrogen-bond donors (Lipinski definition) is 0. The summed E-state index contributed by atoms with van der Waals surface area (Å²) in [7, 11) is 0. The maximum Gasteiger partial charge on any atom is 0.286 e. The molecule has 0 saturated heterocycles. The predicted molar refractivity (Wildman–Crippen MR) is 82.1 cm³/mol. The van der Waals surface area contributed by atoms with Gasteiger partial charge in [0, 0.05) is 13.1 Å². The van der Waals surface area contributed by atoms with E-state index in [9.17, 15) is 4.79 Å². The molecule has 0 bridgehead atoms. The molecule has 0 fully saturated rings. The molecule has 2 rings (SSSR count). The summed E-state index contributed by atoms with van der Waals surface area (Å²) >= 11 is 1.46. The zero-order valence-corrected chi connectivity index (χ0v) is 12.3. The van der Waals surface area contributed by atoms with Crippen molar-refractivity contribution in [2.45, 2.75) is 20.8 Å². The molecule has 0 atom stereocenters. The number of aryl methyl sites for hydroxylation is 1. The number of aliphatic imine (C=N–C) groups is 1. The number of carbonyl (C=O) groups excluding carboxylic acids is 1. The Balaban J connectivity index is 2.17. The normalized spacial score (nSPS) is 16.9. The summed E-state index contributed by atoms with van der Waals surface area (Å²) < 4.78 is 0. The Kier molecular flexibility index (Phi) is 4.43. The number of rotatable bonds is 3. The minimum absolute atomic E-state index is 0.132. The maximum atomic E-state index is 11.9. The number of nitrogens with zero attached hydrogens (tertiary/aromatic N) is 2. The average Bonchev–Trinajstić information content (AvgIpc) is 2.75. The van der Waals surface area contributed by atoms with Crippen LogP contribution >= 0.6 is 11.8 Å². The van der Waals surface area contributed by atoms with Crippen LogP contribution < -0.4 is 0 Å². The van der Waals surface area contributed by atoms with Gasteiger partial charge in [-0.05, 0) is 44.2 Å². The summed E-state index contributed by atoms with van der Waals surface area (Å²) in [6.45, 7) is 7.92. The van der Waals surface area contributed by atoms with Crippen molar-refractivity contribution in [3.05, 3.63) is 40.3 Å². The Bertz CT molecular complexity index is 528. The van der Waals surface area contributed by atoms with Gasteiger partial charge in [-0.3, -0.25) is 4.79 Å². The third-order valence-corrected chi connectivity index (χ3v) is 4.06.